The van der Waals surface area contributed by atoms with E-state index in [1.54, 1.807) is 11.0 Å². The molecule has 2 amide bonds. The number of rotatable bonds is 6. The zero-order valence-corrected chi connectivity index (χ0v) is 19.7. The number of halogens is 3. The smallest absolute Gasteiger partial charge is 0.383 e. The number of methoxy groups -OCH3 is 1. The molecule has 0 aliphatic carbocycles. The van der Waals surface area contributed by atoms with E-state index in [9.17, 15) is 22.8 Å². The number of hydrogen-bond donors (Lipinski definition) is 1. The van der Waals surface area contributed by atoms with Gasteiger partial charge in [0.15, 0.2) is 0 Å². The largest absolute Gasteiger partial charge is 0.417 e. The third kappa shape index (κ3) is 5.30. The predicted octanol–water partition coefficient (Wildman–Crippen LogP) is 3.04. The molecule has 2 aliphatic heterocycles. The van der Waals surface area contributed by atoms with Crippen molar-refractivity contribution in [3.8, 4) is 6.07 Å². The van der Waals surface area contributed by atoms with Crippen LogP contribution >= 0.6 is 0 Å². The highest BCUT2D eigenvalue weighted by Gasteiger charge is 2.52. The van der Waals surface area contributed by atoms with Crippen molar-refractivity contribution in [3.05, 3.63) is 29.3 Å². The van der Waals surface area contributed by atoms with Crippen LogP contribution in [-0.2, 0) is 20.5 Å². The fourth-order valence-corrected chi connectivity index (χ4v) is 5.03. The summed E-state index contributed by atoms with van der Waals surface area (Å²) in [5, 5.41) is 12.0. The molecule has 1 aromatic rings. The zero-order chi connectivity index (χ0) is 25.1. The SMILES string of the molecule is COCCNC(=O)C1CN(c2ccc(C#N)c(C(F)(F)F)c2)CC12CCN(C(=O)C(C)C)CC2. The molecule has 7 nitrogen and oxygen atoms in total. The minimum Gasteiger partial charge on any atom is -0.383 e. The Bertz CT molecular complexity index is 950. The minimum absolute atomic E-state index is 0.0627. The third-order valence-corrected chi connectivity index (χ3v) is 6.93. The number of carbonyl (C=O) groups is 2. The fourth-order valence-electron chi connectivity index (χ4n) is 5.03. The van der Waals surface area contributed by atoms with E-state index in [0.717, 1.165) is 6.07 Å². The maximum absolute atomic E-state index is 13.5. The molecule has 1 N–H and O–H groups in total. The number of carbonyl (C=O) groups excluding carboxylic acids is 2. The molecule has 34 heavy (non-hydrogen) atoms. The number of amides is 2. The van der Waals surface area contributed by atoms with Crippen LogP contribution in [0.3, 0.4) is 0 Å². The lowest BCUT2D eigenvalue weighted by Crippen LogP contribution is -2.50. The fraction of sp³-hybridized carbons (Fsp3) is 0.625. The molecule has 0 aromatic heterocycles. The Morgan fingerprint density at radius 1 is 1.29 bits per heavy atom. The van der Waals surface area contributed by atoms with Gasteiger partial charge in [0.1, 0.15) is 0 Å². The summed E-state index contributed by atoms with van der Waals surface area (Å²) >= 11 is 0. The maximum Gasteiger partial charge on any atom is 0.417 e. The van der Waals surface area contributed by atoms with E-state index in [-0.39, 0.29) is 24.3 Å². The number of ether oxygens (including phenoxy) is 1. The first-order chi connectivity index (χ1) is 16.0. The Morgan fingerprint density at radius 3 is 2.53 bits per heavy atom. The van der Waals surface area contributed by atoms with Gasteiger partial charge < -0.3 is 19.9 Å². The summed E-state index contributed by atoms with van der Waals surface area (Å²) in [4.78, 5) is 29.2. The first-order valence-electron chi connectivity index (χ1n) is 11.4. The van der Waals surface area contributed by atoms with Crippen molar-refractivity contribution in [1.29, 1.82) is 5.26 Å². The van der Waals surface area contributed by atoms with E-state index in [1.165, 1.54) is 19.2 Å². The second kappa shape index (κ2) is 10.2. The number of benzene rings is 1. The van der Waals surface area contributed by atoms with Gasteiger partial charge in [-0.05, 0) is 31.0 Å². The van der Waals surface area contributed by atoms with Crippen LogP contribution in [0.4, 0.5) is 18.9 Å². The molecular formula is C24H31F3N4O3. The van der Waals surface area contributed by atoms with Crippen LogP contribution in [0, 0.1) is 28.6 Å². The van der Waals surface area contributed by atoms with Crippen molar-refractivity contribution in [1.82, 2.24) is 10.2 Å². The molecule has 2 aliphatic rings. The van der Waals surface area contributed by atoms with Gasteiger partial charge >= 0.3 is 6.18 Å². The molecule has 1 atom stereocenters. The molecule has 0 bridgehead atoms. The van der Waals surface area contributed by atoms with Crippen molar-refractivity contribution in [2.24, 2.45) is 17.3 Å². The summed E-state index contributed by atoms with van der Waals surface area (Å²) in [5.74, 6) is -0.659. The molecular weight excluding hydrogens is 449 g/mol. The molecule has 0 saturated carbocycles. The topological polar surface area (TPSA) is 85.7 Å². The highest BCUT2D eigenvalue weighted by molar-refractivity contribution is 5.82. The second-order valence-electron chi connectivity index (χ2n) is 9.40. The van der Waals surface area contributed by atoms with E-state index in [4.69, 9.17) is 10.00 Å². The average molecular weight is 481 g/mol. The number of likely N-dealkylation sites (tertiary alicyclic amines) is 1. The summed E-state index contributed by atoms with van der Waals surface area (Å²) in [6.07, 6.45) is -3.47. The lowest BCUT2D eigenvalue weighted by molar-refractivity contribution is -0.139. The molecule has 1 spiro atoms. The van der Waals surface area contributed by atoms with Gasteiger partial charge in [-0.3, -0.25) is 9.59 Å². The molecule has 0 radical (unpaired) electrons. The number of alkyl halides is 3. The van der Waals surface area contributed by atoms with Gasteiger partial charge in [-0.15, -0.1) is 0 Å². The van der Waals surface area contributed by atoms with Gasteiger partial charge in [0.25, 0.3) is 0 Å². The van der Waals surface area contributed by atoms with Gasteiger partial charge in [-0.25, -0.2) is 0 Å². The summed E-state index contributed by atoms with van der Waals surface area (Å²) in [6.45, 7) is 6.08. The standard InChI is InChI=1S/C24H31F3N4O3/c1-16(2)22(33)30-9-6-23(7-10-30)15-31(14-20(23)21(32)29-8-11-34-3)18-5-4-17(13-28)19(12-18)24(25,26)27/h4-5,12,16,20H,6-11,14-15H2,1-3H3,(H,29,32). The van der Waals surface area contributed by atoms with E-state index in [2.05, 4.69) is 5.32 Å². The highest BCUT2D eigenvalue weighted by atomic mass is 19.4. The Hall–Kier alpha value is -2.80. The van der Waals surface area contributed by atoms with Crippen molar-refractivity contribution in [3.63, 3.8) is 0 Å². The van der Waals surface area contributed by atoms with E-state index >= 15 is 0 Å². The molecule has 2 fully saturated rings. The second-order valence-corrected chi connectivity index (χ2v) is 9.40. The molecule has 3 rings (SSSR count). The third-order valence-electron chi connectivity index (χ3n) is 6.93. The Kier molecular flexibility index (Phi) is 7.76. The number of anilines is 1. The molecule has 2 heterocycles. The number of nitrogens with one attached hydrogen (secondary N) is 1. The average Bonchev–Trinajstić information content (AvgIpc) is 3.17. The van der Waals surface area contributed by atoms with Gasteiger partial charge in [0, 0.05) is 56.9 Å². The predicted molar refractivity (Wildman–Crippen MR) is 120 cm³/mol. The molecule has 1 unspecified atom stereocenters. The highest BCUT2D eigenvalue weighted by Crippen LogP contribution is 2.47. The number of piperidine rings is 1. The molecule has 186 valence electrons. The lowest BCUT2D eigenvalue weighted by Gasteiger charge is -2.42. The van der Waals surface area contributed by atoms with Crippen LogP contribution in [-0.4, -0.2) is 63.2 Å². The Labute approximate surface area is 197 Å². The molecule has 2 saturated heterocycles. The summed E-state index contributed by atoms with van der Waals surface area (Å²) in [7, 11) is 1.54. The van der Waals surface area contributed by atoms with Crippen molar-refractivity contribution >= 4 is 17.5 Å². The first kappa shape index (κ1) is 25.8. The Balaban J connectivity index is 1.88. The van der Waals surface area contributed by atoms with E-state index < -0.39 is 28.6 Å². The van der Waals surface area contributed by atoms with Crippen molar-refractivity contribution < 1.29 is 27.5 Å². The number of nitrogens with zero attached hydrogens (tertiary/aromatic N) is 3. The van der Waals surface area contributed by atoms with Crippen LogP contribution in [0.1, 0.15) is 37.8 Å². The van der Waals surface area contributed by atoms with Crippen LogP contribution in [0.15, 0.2) is 18.2 Å². The molecule has 10 heteroatoms. The summed E-state index contributed by atoms with van der Waals surface area (Å²) in [5.41, 5.74) is -1.54. The van der Waals surface area contributed by atoms with Crippen LogP contribution in [0.25, 0.3) is 0 Å². The minimum atomic E-state index is -4.65. The molecule has 1 aromatic carbocycles. The van der Waals surface area contributed by atoms with E-state index in [0.29, 0.717) is 51.3 Å². The van der Waals surface area contributed by atoms with Crippen LogP contribution < -0.4 is 10.2 Å². The van der Waals surface area contributed by atoms with Crippen molar-refractivity contribution in [2.45, 2.75) is 32.9 Å². The van der Waals surface area contributed by atoms with Gasteiger partial charge in [-0.2, -0.15) is 18.4 Å². The Morgan fingerprint density at radius 2 is 1.97 bits per heavy atom. The van der Waals surface area contributed by atoms with E-state index in [1.807, 2.05) is 18.7 Å². The van der Waals surface area contributed by atoms with Gasteiger partial charge in [-0.1, -0.05) is 13.8 Å². The maximum atomic E-state index is 13.5. The number of nitriles is 1. The summed E-state index contributed by atoms with van der Waals surface area (Å²) < 4.78 is 45.6. The lowest BCUT2D eigenvalue weighted by atomic mass is 9.70. The first-order valence-corrected chi connectivity index (χ1v) is 11.4. The normalized spacial score (nSPS) is 20.0. The van der Waals surface area contributed by atoms with Crippen LogP contribution in [0.5, 0.6) is 0 Å². The van der Waals surface area contributed by atoms with Gasteiger partial charge in [0.2, 0.25) is 11.8 Å². The van der Waals surface area contributed by atoms with Crippen molar-refractivity contribution in [2.75, 3.05) is 51.3 Å². The summed E-state index contributed by atoms with van der Waals surface area (Å²) in [6, 6.07) is 5.29. The monoisotopic (exact) mass is 480 g/mol. The number of hydrogen-bond acceptors (Lipinski definition) is 5. The van der Waals surface area contributed by atoms with Crippen LogP contribution in [0.2, 0.25) is 0 Å². The zero-order valence-electron chi connectivity index (χ0n) is 19.7. The van der Waals surface area contributed by atoms with Gasteiger partial charge in [0.05, 0.1) is 29.7 Å². The quantitative estimate of drug-likeness (QED) is 0.633.